The molecule has 0 aliphatic rings. The molecule has 6 heteroatoms. The van der Waals surface area contributed by atoms with Crippen LogP contribution in [0.3, 0.4) is 0 Å². The number of carbonyl (C=O) groups excluding carboxylic acids is 1. The van der Waals surface area contributed by atoms with Crippen molar-refractivity contribution in [3.05, 3.63) is 70.9 Å². The number of halogens is 2. The number of hydrogen-bond acceptors (Lipinski definition) is 3. The van der Waals surface area contributed by atoms with Gasteiger partial charge in [0.25, 0.3) is 5.91 Å². The second-order valence-electron chi connectivity index (χ2n) is 5.39. The molecule has 1 heterocycles. The minimum atomic E-state index is -1.19. The summed E-state index contributed by atoms with van der Waals surface area (Å²) in [5, 5.41) is 0.989. The molecule has 122 valence electrons. The Bertz CT molecular complexity index is 942. The van der Waals surface area contributed by atoms with E-state index in [2.05, 4.69) is 4.98 Å². The molecule has 0 radical (unpaired) electrons. The SMILES string of the molecule is Cc1ccc2nc(COc3ccc(F)c(C(N)=O)c3F)ccc2c1. The molecule has 0 bridgehead atoms. The Hall–Kier alpha value is -3.02. The fraction of sp³-hybridized carbons (Fsp3) is 0.111. The maximum Gasteiger partial charge on any atom is 0.254 e. The smallest absolute Gasteiger partial charge is 0.254 e. The number of ether oxygens (including phenoxy) is 1. The molecule has 0 aliphatic heterocycles. The lowest BCUT2D eigenvalue weighted by Gasteiger charge is -2.10. The summed E-state index contributed by atoms with van der Waals surface area (Å²) in [6.07, 6.45) is 0. The highest BCUT2D eigenvalue weighted by Crippen LogP contribution is 2.24. The van der Waals surface area contributed by atoms with Crippen molar-refractivity contribution in [2.75, 3.05) is 0 Å². The first kappa shape index (κ1) is 15.9. The second-order valence-corrected chi connectivity index (χ2v) is 5.39. The quantitative estimate of drug-likeness (QED) is 0.797. The zero-order valence-electron chi connectivity index (χ0n) is 12.8. The third-order valence-corrected chi connectivity index (χ3v) is 3.58. The summed E-state index contributed by atoms with van der Waals surface area (Å²) in [6, 6.07) is 11.5. The molecule has 0 saturated carbocycles. The van der Waals surface area contributed by atoms with E-state index in [-0.39, 0.29) is 12.4 Å². The predicted molar refractivity (Wildman–Crippen MR) is 85.7 cm³/mol. The standard InChI is InChI=1S/C18H14F2N2O2/c1-10-2-6-14-11(8-10)3-4-12(22-14)9-24-15-7-5-13(19)16(17(15)20)18(21)23/h2-8H,9H2,1H3,(H2,21,23). The number of carbonyl (C=O) groups is 1. The molecule has 2 N–H and O–H groups in total. The van der Waals surface area contributed by atoms with Crippen LogP contribution in [0, 0.1) is 18.6 Å². The maximum absolute atomic E-state index is 14.1. The maximum atomic E-state index is 14.1. The van der Waals surface area contributed by atoms with E-state index in [1.807, 2.05) is 31.2 Å². The molecule has 1 aromatic heterocycles. The first-order valence-corrected chi connectivity index (χ1v) is 7.22. The fourth-order valence-electron chi connectivity index (χ4n) is 2.39. The zero-order valence-corrected chi connectivity index (χ0v) is 12.8. The van der Waals surface area contributed by atoms with E-state index < -0.39 is 23.1 Å². The molecule has 0 fully saturated rings. The summed E-state index contributed by atoms with van der Waals surface area (Å²) >= 11 is 0. The molecule has 3 aromatic rings. The van der Waals surface area contributed by atoms with Gasteiger partial charge >= 0.3 is 0 Å². The van der Waals surface area contributed by atoms with Gasteiger partial charge in [0.15, 0.2) is 11.6 Å². The summed E-state index contributed by atoms with van der Waals surface area (Å²) in [6.45, 7) is 1.97. The normalized spacial score (nSPS) is 10.8. The Morgan fingerprint density at radius 2 is 1.96 bits per heavy atom. The van der Waals surface area contributed by atoms with Crippen molar-refractivity contribution in [3.8, 4) is 5.75 Å². The van der Waals surface area contributed by atoms with Crippen LogP contribution in [-0.4, -0.2) is 10.9 Å². The van der Waals surface area contributed by atoms with Crippen molar-refractivity contribution in [2.24, 2.45) is 5.73 Å². The van der Waals surface area contributed by atoms with Crippen LogP contribution in [0.25, 0.3) is 10.9 Å². The minimum Gasteiger partial charge on any atom is -0.484 e. The molecule has 24 heavy (non-hydrogen) atoms. The van der Waals surface area contributed by atoms with Gasteiger partial charge in [0.05, 0.1) is 11.2 Å². The van der Waals surface area contributed by atoms with Crippen LogP contribution < -0.4 is 10.5 Å². The van der Waals surface area contributed by atoms with E-state index in [0.29, 0.717) is 5.69 Å². The molecule has 0 unspecified atom stereocenters. The van der Waals surface area contributed by atoms with Gasteiger partial charge in [-0.15, -0.1) is 0 Å². The van der Waals surface area contributed by atoms with Crippen LogP contribution in [0.4, 0.5) is 8.78 Å². The lowest BCUT2D eigenvalue weighted by molar-refractivity contribution is 0.0991. The van der Waals surface area contributed by atoms with E-state index in [9.17, 15) is 13.6 Å². The number of aryl methyl sites for hydroxylation is 1. The van der Waals surface area contributed by atoms with E-state index in [0.717, 1.165) is 28.6 Å². The van der Waals surface area contributed by atoms with Crippen LogP contribution in [0.5, 0.6) is 5.75 Å². The molecular formula is C18H14F2N2O2. The van der Waals surface area contributed by atoms with Gasteiger partial charge in [0, 0.05) is 5.39 Å². The van der Waals surface area contributed by atoms with Crippen LogP contribution in [0.15, 0.2) is 42.5 Å². The number of nitrogens with two attached hydrogens (primary N) is 1. The number of rotatable bonds is 4. The van der Waals surface area contributed by atoms with Gasteiger partial charge < -0.3 is 10.5 Å². The predicted octanol–water partition coefficient (Wildman–Crippen LogP) is 3.50. The molecule has 0 saturated heterocycles. The average Bonchev–Trinajstić information content (AvgIpc) is 2.54. The Balaban J connectivity index is 1.85. The first-order chi connectivity index (χ1) is 11.5. The van der Waals surface area contributed by atoms with Crippen molar-refractivity contribution in [1.29, 1.82) is 0 Å². The van der Waals surface area contributed by atoms with Gasteiger partial charge in [0.2, 0.25) is 0 Å². The van der Waals surface area contributed by atoms with Gasteiger partial charge in [0.1, 0.15) is 18.0 Å². The summed E-state index contributed by atoms with van der Waals surface area (Å²) in [4.78, 5) is 15.5. The summed E-state index contributed by atoms with van der Waals surface area (Å²) in [7, 11) is 0. The van der Waals surface area contributed by atoms with Gasteiger partial charge in [-0.2, -0.15) is 0 Å². The van der Waals surface area contributed by atoms with Gasteiger partial charge in [-0.05, 0) is 37.3 Å². The number of hydrogen-bond donors (Lipinski definition) is 1. The van der Waals surface area contributed by atoms with E-state index in [4.69, 9.17) is 10.5 Å². The Labute approximate surface area is 136 Å². The number of nitrogens with zero attached hydrogens (tertiary/aromatic N) is 1. The van der Waals surface area contributed by atoms with E-state index >= 15 is 0 Å². The molecule has 2 aromatic carbocycles. The Morgan fingerprint density at radius 1 is 1.17 bits per heavy atom. The largest absolute Gasteiger partial charge is 0.484 e. The first-order valence-electron chi connectivity index (χ1n) is 7.22. The summed E-state index contributed by atoms with van der Waals surface area (Å²) < 4.78 is 32.9. The third kappa shape index (κ3) is 3.03. The molecular weight excluding hydrogens is 314 g/mol. The number of primary amides is 1. The van der Waals surface area contributed by atoms with Crippen molar-refractivity contribution in [2.45, 2.75) is 13.5 Å². The molecule has 0 atom stereocenters. The van der Waals surface area contributed by atoms with Crippen LogP contribution >= 0.6 is 0 Å². The molecule has 1 amide bonds. The van der Waals surface area contributed by atoms with Gasteiger partial charge in [-0.25, -0.2) is 13.8 Å². The van der Waals surface area contributed by atoms with Crippen LogP contribution in [0.1, 0.15) is 21.6 Å². The number of fused-ring (bicyclic) bond motifs is 1. The number of aromatic nitrogens is 1. The van der Waals surface area contributed by atoms with Crippen molar-refractivity contribution < 1.29 is 18.3 Å². The van der Waals surface area contributed by atoms with Gasteiger partial charge in [-0.1, -0.05) is 17.7 Å². The number of amides is 1. The lowest BCUT2D eigenvalue weighted by Crippen LogP contribution is -2.16. The highest BCUT2D eigenvalue weighted by molar-refractivity contribution is 5.93. The van der Waals surface area contributed by atoms with Crippen LogP contribution in [0.2, 0.25) is 0 Å². The van der Waals surface area contributed by atoms with Crippen molar-refractivity contribution in [1.82, 2.24) is 4.98 Å². The third-order valence-electron chi connectivity index (χ3n) is 3.58. The summed E-state index contributed by atoms with van der Waals surface area (Å²) in [5.74, 6) is -3.57. The number of pyridine rings is 1. The van der Waals surface area contributed by atoms with Crippen molar-refractivity contribution >= 4 is 16.8 Å². The van der Waals surface area contributed by atoms with Crippen molar-refractivity contribution in [3.63, 3.8) is 0 Å². The molecule has 4 nitrogen and oxygen atoms in total. The Morgan fingerprint density at radius 3 is 2.71 bits per heavy atom. The summed E-state index contributed by atoms with van der Waals surface area (Å²) in [5.41, 5.74) is 6.66. The highest BCUT2D eigenvalue weighted by Gasteiger charge is 2.19. The topological polar surface area (TPSA) is 65.2 Å². The highest BCUT2D eigenvalue weighted by atomic mass is 19.1. The Kier molecular flexibility index (Phi) is 4.12. The minimum absolute atomic E-state index is 0.0232. The van der Waals surface area contributed by atoms with E-state index in [1.165, 1.54) is 0 Å². The molecule has 0 spiro atoms. The second kappa shape index (κ2) is 6.23. The monoisotopic (exact) mass is 328 g/mol. The molecule has 0 aliphatic carbocycles. The zero-order chi connectivity index (χ0) is 17.3. The van der Waals surface area contributed by atoms with Gasteiger partial charge in [-0.3, -0.25) is 4.79 Å². The van der Waals surface area contributed by atoms with Crippen LogP contribution in [-0.2, 0) is 6.61 Å². The molecule has 3 rings (SSSR count). The fourth-order valence-corrected chi connectivity index (χ4v) is 2.39. The average molecular weight is 328 g/mol. The lowest BCUT2D eigenvalue weighted by atomic mass is 10.1. The number of benzene rings is 2. The van der Waals surface area contributed by atoms with E-state index in [1.54, 1.807) is 6.07 Å².